The van der Waals surface area contributed by atoms with Gasteiger partial charge in [-0.15, -0.1) is 11.3 Å². The van der Waals surface area contributed by atoms with E-state index in [2.05, 4.69) is 15.3 Å². The zero-order valence-corrected chi connectivity index (χ0v) is 13.1. The summed E-state index contributed by atoms with van der Waals surface area (Å²) in [5.41, 5.74) is 2.86. The lowest BCUT2D eigenvalue weighted by molar-refractivity contribution is -0.119. The Hall–Kier alpha value is -2.47. The van der Waals surface area contributed by atoms with Gasteiger partial charge in [-0.3, -0.25) is 4.79 Å². The second kappa shape index (κ2) is 6.11. The van der Waals surface area contributed by atoms with E-state index in [1.165, 1.54) is 0 Å². The summed E-state index contributed by atoms with van der Waals surface area (Å²) in [4.78, 5) is 20.3. The lowest BCUT2D eigenvalue weighted by Gasteiger charge is -1.99. The van der Waals surface area contributed by atoms with Crippen LogP contribution in [0.5, 0.6) is 5.88 Å². The van der Waals surface area contributed by atoms with Crippen LogP contribution in [0.25, 0.3) is 20.8 Å². The van der Waals surface area contributed by atoms with Gasteiger partial charge in [0.25, 0.3) is 0 Å². The van der Waals surface area contributed by atoms with Crippen molar-refractivity contribution in [3.05, 3.63) is 42.1 Å². The molecule has 5 nitrogen and oxygen atoms in total. The van der Waals surface area contributed by atoms with E-state index in [4.69, 9.17) is 4.74 Å². The Labute approximate surface area is 132 Å². The molecule has 0 unspecified atom stereocenters. The number of ether oxygens (including phenoxy) is 1. The van der Waals surface area contributed by atoms with Gasteiger partial charge in [0.1, 0.15) is 5.01 Å². The summed E-state index contributed by atoms with van der Waals surface area (Å²) in [5.74, 6) is 0.584. The van der Waals surface area contributed by atoms with Gasteiger partial charge in [-0.1, -0.05) is 6.07 Å². The van der Waals surface area contributed by atoms with Crippen LogP contribution in [0.1, 0.15) is 5.56 Å². The van der Waals surface area contributed by atoms with Gasteiger partial charge in [0.15, 0.2) is 0 Å². The number of rotatable bonds is 4. The van der Waals surface area contributed by atoms with E-state index in [0.29, 0.717) is 12.3 Å². The summed E-state index contributed by atoms with van der Waals surface area (Å²) in [6.07, 6.45) is 2.13. The summed E-state index contributed by atoms with van der Waals surface area (Å²) in [5, 5.41) is 3.54. The zero-order chi connectivity index (χ0) is 15.5. The fourth-order valence-corrected chi connectivity index (χ4v) is 3.12. The van der Waals surface area contributed by atoms with Crippen molar-refractivity contribution in [2.75, 3.05) is 14.2 Å². The number of hydrogen-bond donors (Lipinski definition) is 1. The number of methoxy groups -OCH3 is 1. The minimum absolute atomic E-state index is 0.00319. The average molecular weight is 313 g/mol. The Morgan fingerprint density at radius 2 is 2.18 bits per heavy atom. The second-order valence-electron chi connectivity index (χ2n) is 4.76. The summed E-state index contributed by atoms with van der Waals surface area (Å²) < 4.78 is 6.12. The van der Waals surface area contributed by atoms with Crippen molar-refractivity contribution < 1.29 is 9.53 Å². The molecular formula is C16H15N3O2S. The molecule has 1 amide bonds. The molecule has 112 valence electrons. The van der Waals surface area contributed by atoms with Crippen LogP contribution < -0.4 is 10.1 Å². The predicted molar refractivity (Wildman–Crippen MR) is 87.2 cm³/mol. The molecule has 2 aromatic heterocycles. The number of hydrogen-bond acceptors (Lipinski definition) is 5. The molecule has 0 aliphatic carbocycles. The van der Waals surface area contributed by atoms with Crippen LogP contribution in [0.2, 0.25) is 0 Å². The van der Waals surface area contributed by atoms with Gasteiger partial charge in [0.05, 0.1) is 23.7 Å². The number of likely N-dealkylation sites (N-methyl/N-ethyl adjacent to an activating group) is 1. The molecule has 0 spiro atoms. The molecule has 0 aliphatic rings. The maximum atomic E-state index is 11.5. The van der Waals surface area contributed by atoms with E-state index < -0.39 is 0 Å². The number of nitrogens with zero attached hydrogens (tertiary/aromatic N) is 2. The SMILES string of the molecule is CNC(=O)Cc1ccc2nc(-c3ccc(OC)nc3)sc2c1. The van der Waals surface area contributed by atoms with Crippen molar-refractivity contribution in [2.45, 2.75) is 6.42 Å². The van der Waals surface area contributed by atoms with Gasteiger partial charge in [0, 0.05) is 24.9 Å². The van der Waals surface area contributed by atoms with Crippen LogP contribution in [0.3, 0.4) is 0 Å². The number of thiazole rings is 1. The molecule has 3 rings (SSSR count). The van der Waals surface area contributed by atoms with Gasteiger partial charge in [-0.2, -0.15) is 0 Å². The summed E-state index contributed by atoms with van der Waals surface area (Å²) in [6.45, 7) is 0. The van der Waals surface area contributed by atoms with Crippen molar-refractivity contribution in [3.63, 3.8) is 0 Å². The number of amides is 1. The third-order valence-electron chi connectivity index (χ3n) is 3.29. The van der Waals surface area contributed by atoms with Crippen molar-refractivity contribution in [1.82, 2.24) is 15.3 Å². The normalized spacial score (nSPS) is 10.6. The highest BCUT2D eigenvalue weighted by atomic mass is 32.1. The van der Waals surface area contributed by atoms with E-state index in [0.717, 1.165) is 26.4 Å². The Bertz CT molecular complexity index is 812. The molecule has 0 saturated carbocycles. The maximum Gasteiger partial charge on any atom is 0.224 e. The first-order chi connectivity index (χ1) is 10.7. The molecule has 1 N–H and O–H groups in total. The molecule has 3 aromatic rings. The highest BCUT2D eigenvalue weighted by molar-refractivity contribution is 7.21. The van der Waals surface area contributed by atoms with E-state index >= 15 is 0 Å². The molecule has 0 radical (unpaired) electrons. The van der Waals surface area contributed by atoms with Crippen LogP contribution in [0.4, 0.5) is 0 Å². The van der Waals surface area contributed by atoms with Crippen LogP contribution in [0.15, 0.2) is 36.5 Å². The van der Waals surface area contributed by atoms with Crippen LogP contribution in [0, 0.1) is 0 Å². The van der Waals surface area contributed by atoms with Gasteiger partial charge in [-0.25, -0.2) is 9.97 Å². The highest BCUT2D eigenvalue weighted by Gasteiger charge is 2.09. The van der Waals surface area contributed by atoms with Crippen molar-refractivity contribution in [2.24, 2.45) is 0 Å². The number of carbonyl (C=O) groups is 1. The number of nitrogens with one attached hydrogen (secondary N) is 1. The molecular weight excluding hydrogens is 298 g/mol. The van der Waals surface area contributed by atoms with Crippen molar-refractivity contribution >= 4 is 27.5 Å². The number of aromatic nitrogens is 2. The summed E-state index contributed by atoms with van der Waals surface area (Å²) in [6, 6.07) is 9.66. The number of carbonyl (C=O) groups excluding carboxylic acids is 1. The summed E-state index contributed by atoms with van der Waals surface area (Å²) >= 11 is 1.59. The number of fused-ring (bicyclic) bond motifs is 1. The predicted octanol–water partition coefficient (Wildman–Crippen LogP) is 2.66. The first kappa shape index (κ1) is 14.5. The topological polar surface area (TPSA) is 64.1 Å². The zero-order valence-electron chi connectivity index (χ0n) is 12.3. The largest absolute Gasteiger partial charge is 0.481 e. The molecule has 0 fully saturated rings. The Kier molecular flexibility index (Phi) is 4.02. The first-order valence-electron chi connectivity index (χ1n) is 6.80. The van der Waals surface area contributed by atoms with Gasteiger partial charge in [0.2, 0.25) is 11.8 Å². The standard InChI is InChI=1S/C16H15N3O2S/c1-17-14(20)8-10-3-5-12-13(7-10)22-16(19-12)11-4-6-15(21-2)18-9-11/h3-7,9H,8H2,1-2H3,(H,17,20). The van der Waals surface area contributed by atoms with Gasteiger partial charge in [-0.05, 0) is 23.8 Å². The minimum Gasteiger partial charge on any atom is -0.481 e. The lowest BCUT2D eigenvalue weighted by atomic mass is 10.1. The molecule has 0 saturated heterocycles. The van der Waals surface area contributed by atoms with Gasteiger partial charge >= 0.3 is 0 Å². The van der Waals surface area contributed by atoms with E-state index in [-0.39, 0.29) is 5.91 Å². The Morgan fingerprint density at radius 1 is 1.32 bits per heavy atom. The van der Waals surface area contributed by atoms with Gasteiger partial charge < -0.3 is 10.1 Å². The number of benzene rings is 1. The Morgan fingerprint density at radius 3 is 2.86 bits per heavy atom. The molecule has 22 heavy (non-hydrogen) atoms. The quantitative estimate of drug-likeness (QED) is 0.804. The highest BCUT2D eigenvalue weighted by Crippen LogP contribution is 2.31. The van der Waals surface area contributed by atoms with E-state index in [1.54, 1.807) is 31.7 Å². The Balaban J connectivity index is 1.93. The molecule has 0 atom stereocenters. The molecule has 6 heteroatoms. The minimum atomic E-state index is 0.00319. The summed E-state index contributed by atoms with van der Waals surface area (Å²) in [7, 11) is 3.23. The van der Waals surface area contributed by atoms with E-state index in [1.807, 2.05) is 30.3 Å². The maximum absolute atomic E-state index is 11.5. The van der Waals surface area contributed by atoms with Crippen LogP contribution >= 0.6 is 11.3 Å². The van der Waals surface area contributed by atoms with Crippen molar-refractivity contribution in [1.29, 1.82) is 0 Å². The molecule has 1 aromatic carbocycles. The third-order valence-corrected chi connectivity index (χ3v) is 4.36. The lowest BCUT2D eigenvalue weighted by Crippen LogP contribution is -2.19. The smallest absolute Gasteiger partial charge is 0.224 e. The molecule has 2 heterocycles. The van der Waals surface area contributed by atoms with Crippen LogP contribution in [-0.4, -0.2) is 30.0 Å². The van der Waals surface area contributed by atoms with Crippen LogP contribution in [-0.2, 0) is 11.2 Å². The monoisotopic (exact) mass is 313 g/mol. The van der Waals surface area contributed by atoms with Crippen molar-refractivity contribution in [3.8, 4) is 16.5 Å². The number of pyridine rings is 1. The fourth-order valence-electron chi connectivity index (χ4n) is 2.10. The average Bonchev–Trinajstić information content (AvgIpc) is 2.98. The second-order valence-corrected chi connectivity index (χ2v) is 5.79. The first-order valence-corrected chi connectivity index (χ1v) is 7.61. The van der Waals surface area contributed by atoms with E-state index in [9.17, 15) is 4.79 Å². The molecule has 0 bridgehead atoms. The molecule has 0 aliphatic heterocycles. The fraction of sp³-hybridized carbons (Fsp3) is 0.188. The third kappa shape index (κ3) is 2.92.